The van der Waals surface area contributed by atoms with Gasteiger partial charge in [0.1, 0.15) is 11.2 Å². The molecule has 0 spiro atoms. The van der Waals surface area contributed by atoms with E-state index in [4.69, 9.17) is 19.4 Å². The van der Waals surface area contributed by atoms with Gasteiger partial charge in [-0.05, 0) is 65.7 Å². The molecule has 12 rings (SSSR count). The maximum atomic E-state index is 6.43. The molecule has 0 aliphatic heterocycles. The summed E-state index contributed by atoms with van der Waals surface area (Å²) in [5.74, 6) is 1.81. The molecule has 57 heavy (non-hydrogen) atoms. The molecule has 0 unspecified atom stereocenters. The van der Waals surface area contributed by atoms with Crippen molar-refractivity contribution in [3.63, 3.8) is 0 Å². The van der Waals surface area contributed by atoms with Gasteiger partial charge in [0.2, 0.25) is 0 Å². The van der Waals surface area contributed by atoms with Gasteiger partial charge < -0.3 is 8.98 Å². The van der Waals surface area contributed by atoms with Gasteiger partial charge in [0.05, 0.1) is 16.6 Å². The summed E-state index contributed by atoms with van der Waals surface area (Å²) >= 11 is 1.80. The van der Waals surface area contributed by atoms with Gasteiger partial charge in [0.15, 0.2) is 17.5 Å². The summed E-state index contributed by atoms with van der Waals surface area (Å²) in [6, 6.07) is 63.9. The Labute approximate surface area is 330 Å². The van der Waals surface area contributed by atoms with Gasteiger partial charge >= 0.3 is 0 Å². The third kappa shape index (κ3) is 5.04. The summed E-state index contributed by atoms with van der Waals surface area (Å²) in [5, 5.41) is 7.06. The van der Waals surface area contributed by atoms with Gasteiger partial charge in [-0.3, -0.25) is 0 Å². The van der Waals surface area contributed by atoms with Crippen LogP contribution in [0.15, 0.2) is 186 Å². The Morgan fingerprint density at radius 3 is 1.95 bits per heavy atom. The first-order valence-corrected chi connectivity index (χ1v) is 19.8. The van der Waals surface area contributed by atoms with Crippen LogP contribution in [0.2, 0.25) is 0 Å². The number of hydrogen-bond donors (Lipinski definition) is 0. The fraction of sp³-hybridized carbons (Fsp3) is 0. The molecule has 0 saturated heterocycles. The predicted octanol–water partition coefficient (Wildman–Crippen LogP) is 13.9. The topological polar surface area (TPSA) is 56.7 Å². The maximum Gasteiger partial charge on any atom is 0.167 e. The van der Waals surface area contributed by atoms with Gasteiger partial charge in [0, 0.05) is 58.5 Å². The first-order valence-electron chi connectivity index (χ1n) is 19.0. The number of fused-ring (bicyclic) bond motifs is 9. The van der Waals surface area contributed by atoms with Crippen molar-refractivity contribution in [3.8, 4) is 51.0 Å². The average Bonchev–Trinajstić information content (AvgIpc) is 3.96. The zero-order valence-electron chi connectivity index (χ0n) is 30.4. The van der Waals surface area contributed by atoms with E-state index >= 15 is 0 Å². The summed E-state index contributed by atoms with van der Waals surface area (Å²) in [4.78, 5) is 15.2. The normalized spacial score (nSPS) is 11.9. The zero-order valence-corrected chi connectivity index (χ0v) is 31.2. The lowest BCUT2D eigenvalue weighted by Crippen LogP contribution is -2.00. The van der Waals surface area contributed by atoms with Crippen LogP contribution in [-0.2, 0) is 0 Å². The molecule has 0 amide bonds. The highest BCUT2D eigenvalue weighted by Gasteiger charge is 2.20. The Hall–Kier alpha value is -7.41. The molecule has 4 aromatic heterocycles. The number of para-hydroxylation sites is 4. The van der Waals surface area contributed by atoms with Crippen LogP contribution in [-0.4, -0.2) is 19.5 Å². The molecule has 0 bridgehead atoms. The minimum atomic E-state index is 0.576. The van der Waals surface area contributed by atoms with Gasteiger partial charge in [0.25, 0.3) is 0 Å². The van der Waals surface area contributed by atoms with Crippen molar-refractivity contribution in [2.75, 3.05) is 0 Å². The summed E-state index contributed by atoms with van der Waals surface area (Å²) in [6.07, 6.45) is 0. The molecule has 0 N–H and O–H groups in total. The highest BCUT2D eigenvalue weighted by Crippen LogP contribution is 2.43. The lowest BCUT2D eigenvalue weighted by atomic mass is 9.98. The van der Waals surface area contributed by atoms with E-state index in [9.17, 15) is 0 Å². The monoisotopic (exact) mass is 746 g/mol. The molecule has 0 aliphatic rings. The highest BCUT2D eigenvalue weighted by atomic mass is 32.1. The number of benzene rings is 8. The number of aromatic nitrogens is 4. The summed E-state index contributed by atoms with van der Waals surface area (Å²) in [5.41, 5.74) is 10.3. The van der Waals surface area contributed by atoms with Gasteiger partial charge in [-0.25, -0.2) is 15.0 Å². The van der Waals surface area contributed by atoms with Crippen LogP contribution in [0.5, 0.6) is 0 Å². The molecule has 12 aromatic rings. The van der Waals surface area contributed by atoms with Crippen molar-refractivity contribution in [1.82, 2.24) is 19.5 Å². The molecule has 0 saturated carbocycles. The summed E-state index contributed by atoms with van der Waals surface area (Å²) in [7, 11) is 0. The second-order valence-corrected chi connectivity index (χ2v) is 15.4. The molecule has 0 aliphatic carbocycles. The Bertz CT molecular complexity index is 3530. The SMILES string of the molecule is c1ccc(-c2nc(-c3ccc4c(c3)sc3ccc(-c5cccc6c5c5ccccc5n6-c5ccccc5)cc34)nc(-c3cccc4c3oc3ccccc34)n2)cc1. The minimum Gasteiger partial charge on any atom is -0.455 e. The van der Waals surface area contributed by atoms with E-state index in [1.165, 1.54) is 53.1 Å². The van der Waals surface area contributed by atoms with E-state index in [-0.39, 0.29) is 0 Å². The average molecular weight is 747 g/mol. The molecule has 0 atom stereocenters. The first-order chi connectivity index (χ1) is 28.2. The summed E-state index contributed by atoms with van der Waals surface area (Å²) in [6.45, 7) is 0. The van der Waals surface area contributed by atoms with Crippen LogP contribution >= 0.6 is 11.3 Å². The largest absolute Gasteiger partial charge is 0.455 e. The molecule has 5 nitrogen and oxygen atoms in total. The standard InChI is InChI=1S/C51H30N4OS/c1-3-13-31(14-4-1)49-52-50(54-51(53-49)40-21-11-20-38-36-17-8-10-24-44(36)56-48(38)40)33-25-27-37-41-29-32(26-28-45(41)57-46(37)30-33)35-19-12-23-43-47(35)39-18-7-9-22-42(39)55(43)34-15-5-2-6-16-34/h1-30H. The Kier molecular flexibility index (Phi) is 7.03. The van der Waals surface area contributed by atoms with Gasteiger partial charge in [-0.1, -0.05) is 127 Å². The van der Waals surface area contributed by atoms with Crippen LogP contribution in [0.4, 0.5) is 0 Å². The number of nitrogens with zero attached hydrogens (tertiary/aromatic N) is 4. The van der Waals surface area contributed by atoms with Crippen molar-refractivity contribution in [3.05, 3.63) is 182 Å². The lowest BCUT2D eigenvalue weighted by molar-refractivity contribution is 0.669. The van der Waals surface area contributed by atoms with Crippen molar-refractivity contribution < 1.29 is 4.42 Å². The minimum absolute atomic E-state index is 0.576. The number of furan rings is 1. The van der Waals surface area contributed by atoms with Crippen molar-refractivity contribution in [1.29, 1.82) is 0 Å². The van der Waals surface area contributed by atoms with Crippen LogP contribution in [0, 0.1) is 0 Å². The van der Waals surface area contributed by atoms with Crippen LogP contribution in [0.1, 0.15) is 0 Å². The van der Waals surface area contributed by atoms with E-state index in [0.717, 1.165) is 44.3 Å². The predicted molar refractivity (Wildman–Crippen MR) is 236 cm³/mol. The molecule has 8 aromatic carbocycles. The maximum absolute atomic E-state index is 6.43. The molecule has 6 heteroatoms. The second-order valence-electron chi connectivity index (χ2n) is 14.4. The third-order valence-electron chi connectivity index (χ3n) is 11.1. The van der Waals surface area contributed by atoms with Crippen molar-refractivity contribution in [2.24, 2.45) is 0 Å². The molecule has 0 fully saturated rings. The van der Waals surface area contributed by atoms with E-state index in [1.807, 2.05) is 60.7 Å². The summed E-state index contributed by atoms with van der Waals surface area (Å²) < 4.78 is 11.2. The highest BCUT2D eigenvalue weighted by molar-refractivity contribution is 7.25. The first kappa shape index (κ1) is 31.9. The molecule has 266 valence electrons. The van der Waals surface area contributed by atoms with E-state index in [1.54, 1.807) is 11.3 Å². The molecular weight excluding hydrogens is 717 g/mol. The van der Waals surface area contributed by atoms with Crippen LogP contribution < -0.4 is 0 Å². The smallest absolute Gasteiger partial charge is 0.167 e. The van der Waals surface area contributed by atoms with Crippen LogP contribution in [0.25, 0.3) is 115 Å². The lowest BCUT2D eigenvalue weighted by Gasteiger charge is -2.09. The third-order valence-corrected chi connectivity index (χ3v) is 12.2. The Morgan fingerprint density at radius 2 is 1.07 bits per heavy atom. The van der Waals surface area contributed by atoms with Crippen molar-refractivity contribution in [2.45, 2.75) is 0 Å². The van der Waals surface area contributed by atoms with E-state index in [2.05, 4.69) is 126 Å². The quantitative estimate of drug-likeness (QED) is 0.176. The molecule has 0 radical (unpaired) electrons. The number of hydrogen-bond acceptors (Lipinski definition) is 5. The molecule has 4 heterocycles. The van der Waals surface area contributed by atoms with Crippen LogP contribution in [0.3, 0.4) is 0 Å². The van der Waals surface area contributed by atoms with E-state index < -0.39 is 0 Å². The van der Waals surface area contributed by atoms with Gasteiger partial charge in [-0.2, -0.15) is 0 Å². The Balaban J connectivity index is 1.01. The van der Waals surface area contributed by atoms with E-state index in [0.29, 0.717) is 17.5 Å². The van der Waals surface area contributed by atoms with Gasteiger partial charge in [-0.15, -0.1) is 11.3 Å². The number of rotatable bonds is 5. The fourth-order valence-corrected chi connectivity index (χ4v) is 9.59. The molecular formula is C51H30N4OS. The second kappa shape index (κ2) is 12.6. The number of thiophene rings is 1. The Morgan fingerprint density at radius 1 is 0.404 bits per heavy atom. The zero-order chi connectivity index (χ0) is 37.5. The fourth-order valence-electron chi connectivity index (χ4n) is 8.46. The van der Waals surface area contributed by atoms with Crippen molar-refractivity contribution >= 4 is 75.3 Å².